The highest BCUT2D eigenvalue weighted by molar-refractivity contribution is 6.13. The molecule has 2 atom stereocenters. The third-order valence-corrected chi connectivity index (χ3v) is 8.53. The van der Waals surface area contributed by atoms with Gasteiger partial charge >= 0.3 is 6.03 Å². The van der Waals surface area contributed by atoms with E-state index in [1.54, 1.807) is 19.2 Å². The van der Waals surface area contributed by atoms with E-state index >= 15 is 0 Å². The maximum Gasteiger partial charge on any atom is 0.331 e. The number of urea groups is 1. The second-order valence-electron chi connectivity index (χ2n) is 11.9. The van der Waals surface area contributed by atoms with Gasteiger partial charge in [-0.2, -0.15) is 0 Å². The molecule has 4 aromatic heterocycles. The molecule has 13 nitrogen and oxygen atoms in total. The van der Waals surface area contributed by atoms with E-state index in [1.807, 2.05) is 36.6 Å². The Morgan fingerprint density at radius 3 is 2.61 bits per heavy atom. The number of hydrogen-bond acceptors (Lipinski definition) is 9. The van der Waals surface area contributed by atoms with Crippen molar-refractivity contribution >= 4 is 40.8 Å². The summed E-state index contributed by atoms with van der Waals surface area (Å²) >= 11 is 0. The number of fused-ring (bicyclic) bond motifs is 1. The summed E-state index contributed by atoms with van der Waals surface area (Å²) < 4.78 is 1.96. The van der Waals surface area contributed by atoms with E-state index in [2.05, 4.69) is 36.3 Å². The van der Waals surface area contributed by atoms with Crippen molar-refractivity contribution in [3.05, 3.63) is 65.4 Å². The van der Waals surface area contributed by atoms with Crippen molar-refractivity contribution in [1.82, 2.24) is 34.2 Å². The molecule has 13 heteroatoms. The van der Waals surface area contributed by atoms with E-state index in [-0.39, 0.29) is 36.2 Å². The molecule has 0 aromatic carbocycles. The fourth-order valence-corrected chi connectivity index (χ4v) is 5.82. The number of nitrogens with zero attached hydrogens (tertiary/aromatic N) is 9. The number of aromatic nitrogens is 6. The Morgan fingerprint density at radius 2 is 1.91 bits per heavy atom. The molecule has 4 amide bonds. The van der Waals surface area contributed by atoms with Gasteiger partial charge in [0.2, 0.25) is 11.8 Å². The molecule has 3 fully saturated rings. The summed E-state index contributed by atoms with van der Waals surface area (Å²) in [5, 5.41) is 2.98. The van der Waals surface area contributed by atoms with Crippen LogP contribution in [0.5, 0.6) is 0 Å². The molecular weight excluding hydrogens is 560 g/mol. The molecule has 2 saturated carbocycles. The van der Waals surface area contributed by atoms with E-state index in [9.17, 15) is 14.4 Å². The van der Waals surface area contributed by atoms with Gasteiger partial charge in [-0.25, -0.2) is 29.7 Å². The maximum absolute atomic E-state index is 13.1. The Labute approximate surface area is 254 Å². The van der Waals surface area contributed by atoms with Crippen molar-refractivity contribution in [2.24, 2.45) is 5.92 Å². The monoisotopic (exact) mass is 594 g/mol. The number of pyridine rings is 1. The van der Waals surface area contributed by atoms with Gasteiger partial charge in [-0.05, 0) is 63.6 Å². The average molecular weight is 595 g/mol. The third kappa shape index (κ3) is 5.22. The number of imide groups is 1. The van der Waals surface area contributed by atoms with Crippen LogP contribution in [0.4, 0.5) is 22.1 Å². The number of rotatable bonds is 9. The first-order valence-electron chi connectivity index (χ1n) is 15.0. The second kappa shape index (κ2) is 10.6. The zero-order valence-corrected chi connectivity index (χ0v) is 25.2. The molecule has 0 spiro atoms. The zero-order chi connectivity index (χ0) is 30.7. The highest BCUT2D eigenvalue weighted by Gasteiger charge is 2.46. The number of amides is 4. The number of carbonyl (C=O) groups excluding carboxylic acids is 3. The number of imidazole rings is 1. The van der Waals surface area contributed by atoms with E-state index in [1.165, 1.54) is 11.9 Å². The van der Waals surface area contributed by atoms with Gasteiger partial charge < -0.3 is 14.6 Å². The normalized spacial score (nSPS) is 19.6. The summed E-state index contributed by atoms with van der Waals surface area (Å²) in [5.74, 6) is 2.29. The van der Waals surface area contributed by atoms with Crippen LogP contribution in [0.3, 0.4) is 0 Å². The molecule has 0 radical (unpaired) electrons. The molecule has 4 aromatic rings. The molecule has 0 bridgehead atoms. The number of nitrogens with one attached hydrogen (secondary N) is 1. The molecule has 3 aliphatic rings. The van der Waals surface area contributed by atoms with Crippen LogP contribution in [-0.4, -0.2) is 72.2 Å². The lowest BCUT2D eigenvalue weighted by atomic mass is 10.1. The van der Waals surface area contributed by atoms with Crippen LogP contribution >= 0.6 is 0 Å². The summed E-state index contributed by atoms with van der Waals surface area (Å²) in [6, 6.07) is 5.28. The highest BCUT2D eigenvalue weighted by atomic mass is 16.2. The summed E-state index contributed by atoms with van der Waals surface area (Å²) in [4.78, 5) is 65.9. The van der Waals surface area contributed by atoms with Crippen molar-refractivity contribution in [3.8, 4) is 0 Å². The summed E-state index contributed by atoms with van der Waals surface area (Å²) in [5.41, 5.74) is 4.07. The summed E-state index contributed by atoms with van der Waals surface area (Å²) in [7, 11) is 1.50. The van der Waals surface area contributed by atoms with Gasteiger partial charge in [0.15, 0.2) is 5.65 Å². The summed E-state index contributed by atoms with van der Waals surface area (Å²) in [6.07, 6.45) is 8.69. The van der Waals surface area contributed by atoms with Crippen LogP contribution in [0.1, 0.15) is 66.6 Å². The highest BCUT2D eigenvalue weighted by Crippen LogP contribution is 2.46. The lowest BCUT2D eigenvalue weighted by Crippen LogP contribution is -2.30. The Balaban J connectivity index is 1.12. The average Bonchev–Trinajstić information content (AvgIpc) is 3.92. The molecule has 2 aliphatic carbocycles. The van der Waals surface area contributed by atoms with Crippen LogP contribution in [0.2, 0.25) is 0 Å². The van der Waals surface area contributed by atoms with E-state index < -0.39 is 0 Å². The van der Waals surface area contributed by atoms with Crippen molar-refractivity contribution in [1.29, 1.82) is 0 Å². The van der Waals surface area contributed by atoms with Crippen LogP contribution in [-0.2, 0) is 16.1 Å². The summed E-state index contributed by atoms with van der Waals surface area (Å²) in [6.45, 7) is 6.83. The third-order valence-electron chi connectivity index (χ3n) is 8.53. The zero-order valence-electron chi connectivity index (χ0n) is 25.2. The van der Waals surface area contributed by atoms with Gasteiger partial charge in [-0.15, -0.1) is 0 Å². The first-order valence-corrected chi connectivity index (χ1v) is 15.0. The topological polar surface area (TPSA) is 142 Å². The number of likely N-dealkylation sites (N-methyl/N-ethyl adjacent to an activating group) is 1. The fraction of sp³-hybridized carbons (Fsp3) is 0.419. The van der Waals surface area contributed by atoms with Crippen LogP contribution in [0.15, 0.2) is 36.8 Å². The number of hydrogen-bond donors (Lipinski definition) is 1. The van der Waals surface area contributed by atoms with E-state index in [0.717, 1.165) is 34.7 Å². The SMILES string of the molecule is CCN(Cc1cn2cc(C3CC3)cc(N3CC(=O)N(C)C3=O)c2n1)c1cc(NC(=O)[C@H]2C[C@@H]2c2nccc(C)n2)nc(C)n1. The van der Waals surface area contributed by atoms with E-state index in [0.29, 0.717) is 60.0 Å². The molecule has 1 aliphatic heterocycles. The maximum atomic E-state index is 13.1. The Bertz CT molecular complexity index is 1820. The van der Waals surface area contributed by atoms with Gasteiger partial charge in [0.25, 0.3) is 0 Å². The molecule has 1 N–H and O–H groups in total. The van der Waals surface area contributed by atoms with E-state index in [4.69, 9.17) is 4.98 Å². The molecule has 7 rings (SSSR count). The standard InChI is InChI=1S/C31H34N10O3/c1-5-39(26-12-25(34-18(3)35-26)37-30(43)23-11-22(23)28-32-9-8-17(2)33-28)14-21-15-40-13-20(19-6-7-19)10-24(29(40)36-21)41-16-27(42)38(4)31(41)44/h8-10,12-13,15,19,22-23H,5-7,11,14,16H2,1-4H3,(H,34,35,37,43)/t22-,23-/m0/s1. The lowest BCUT2D eigenvalue weighted by Gasteiger charge is -2.21. The molecule has 1 saturated heterocycles. The van der Waals surface area contributed by atoms with Gasteiger partial charge in [0, 0.05) is 55.8 Å². The molecular formula is C31H34N10O3. The Kier molecular flexibility index (Phi) is 6.74. The quantitative estimate of drug-likeness (QED) is 0.288. The van der Waals surface area contributed by atoms with Crippen molar-refractivity contribution < 1.29 is 14.4 Å². The van der Waals surface area contributed by atoms with Crippen molar-refractivity contribution in [2.45, 2.75) is 58.4 Å². The van der Waals surface area contributed by atoms with Crippen LogP contribution in [0.25, 0.3) is 5.65 Å². The largest absolute Gasteiger partial charge is 0.351 e. The van der Waals surface area contributed by atoms with Gasteiger partial charge in [0.05, 0.1) is 17.9 Å². The number of carbonyl (C=O) groups is 3. The molecule has 226 valence electrons. The predicted octanol–water partition coefficient (Wildman–Crippen LogP) is 3.58. The van der Waals surface area contributed by atoms with Crippen molar-refractivity contribution in [2.75, 3.05) is 35.3 Å². The Morgan fingerprint density at radius 1 is 1.09 bits per heavy atom. The number of anilines is 3. The van der Waals surface area contributed by atoms with Gasteiger partial charge in [0.1, 0.15) is 29.8 Å². The van der Waals surface area contributed by atoms with Gasteiger partial charge in [-0.1, -0.05) is 0 Å². The number of aryl methyl sites for hydroxylation is 2. The minimum absolute atomic E-state index is 0.00326. The lowest BCUT2D eigenvalue weighted by molar-refractivity contribution is -0.124. The second-order valence-corrected chi connectivity index (χ2v) is 11.9. The molecule has 44 heavy (non-hydrogen) atoms. The van der Waals surface area contributed by atoms with Crippen molar-refractivity contribution in [3.63, 3.8) is 0 Å². The van der Waals surface area contributed by atoms with Gasteiger partial charge in [-0.3, -0.25) is 19.4 Å². The smallest absolute Gasteiger partial charge is 0.331 e. The molecule has 0 unspecified atom stereocenters. The Hall–Kier alpha value is -4.94. The molecule has 5 heterocycles. The predicted molar refractivity (Wildman–Crippen MR) is 162 cm³/mol. The fourth-order valence-electron chi connectivity index (χ4n) is 5.82. The minimum Gasteiger partial charge on any atom is -0.351 e. The van der Waals surface area contributed by atoms with Crippen LogP contribution < -0.4 is 15.1 Å². The first-order chi connectivity index (χ1) is 21.2. The van der Waals surface area contributed by atoms with Crippen LogP contribution in [0, 0.1) is 19.8 Å². The first kappa shape index (κ1) is 27.9. The minimum atomic E-state index is -0.348.